The first-order valence-corrected chi connectivity index (χ1v) is 10.9. The number of nitriles is 1. The number of benzene rings is 3. The van der Waals surface area contributed by atoms with Crippen molar-refractivity contribution in [3.63, 3.8) is 0 Å². The van der Waals surface area contributed by atoms with E-state index in [1.165, 1.54) is 31.4 Å². The molecule has 0 atom stereocenters. The molecule has 1 amide bonds. The number of methoxy groups -OCH3 is 1. The Labute approximate surface area is 211 Å². The van der Waals surface area contributed by atoms with E-state index in [0.717, 1.165) is 17.2 Å². The number of nitro benzene ring substituents is 1. The highest BCUT2D eigenvalue weighted by Gasteiger charge is 2.17. The SMILES string of the molecule is COc1cc(/C=C(\C#N)C(=O)Nc2cc([N+](=O)[O-])ccc2Cl)cc(Cl)c1OCc1ccccc1C. The lowest BCUT2D eigenvalue weighted by Crippen LogP contribution is -2.14. The summed E-state index contributed by atoms with van der Waals surface area (Å²) in [5, 5.41) is 23.3. The monoisotopic (exact) mass is 511 g/mol. The number of halogens is 2. The van der Waals surface area contributed by atoms with Crippen LogP contribution in [0.4, 0.5) is 11.4 Å². The Morgan fingerprint density at radius 3 is 2.57 bits per heavy atom. The third-order valence-electron chi connectivity index (χ3n) is 4.97. The molecule has 1 N–H and O–H groups in total. The molecule has 8 nitrogen and oxygen atoms in total. The maximum absolute atomic E-state index is 12.7. The smallest absolute Gasteiger partial charge is 0.271 e. The van der Waals surface area contributed by atoms with Crippen LogP contribution in [0.2, 0.25) is 10.0 Å². The Hall–Kier alpha value is -4.06. The lowest BCUT2D eigenvalue weighted by Gasteiger charge is -2.14. The average molecular weight is 512 g/mol. The van der Waals surface area contributed by atoms with E-state index < -0.39 is 10.8 Å². The number of nitrogens with one attached hydrogen (secondary N) is 1. The third kappa shape index (κ3) is 6.29. The number of hydrogen-bond acceptors (Lipinski definition) is 6. The van der Waals surface area contributed by atoms with Crippen molar-refractivity contribution in [3.8, 4) is 17.6 Å². The molecule has 0 radical (unpaired) electrons. The molecule has 0 fully saturated rings. The third-order valence-corrected chi connectivity index (χ3v) is 5.58. The maximum atomic E-state index is 12.7. The van der Waals surface area contributed by atoms with Gasteiger partial charge in [0.15, 0.2) is 11.5 Å². The molecule has 0 aliphatic carbocycles. The molecule has 3 aromatic carbocycles. The van der Waals surface area contributed by atoms with Crippen molar-refractivity contribution in [2.75, 3.05) is 12.4 Å². The molecule has 3 rings (SSSR count). The van der Waals surface area contributed by atoms with E-state index in [4.69, 9.17) is 32.7 Å². The van der Waals surface area contributed by atoms with Crippen LogP contribution in [0.3, 0.4) is 0 Å². The Kier molecular flexibility index (Phi) is 8.31. The number of non-ortho nitro benzene ring substituents is 1. The summed E-state index contributed by atoms with van der Waals surface area (Å²) in [6.07, 6.45) is 1.31. The Morgan fingerprint density at radius 1 is 1.17 bits per heavy atom. The van der Waals surface area contributed by atoms with Gasteiger partial charge in [0.2, 0.25) is 0 Å². The van der Waals surface area contributed by atoms with Gasteiger partial charge in [0.1, 0.15) is 18.2 Å². The van der Waals surface area contributed by atoms with E-state index in [-0.39, 0.29) is 33.6 Å². The lowest BCUT2D eigenvalue weighted by molar-refractivity contribution is -0.384. The highest BCUT2D eigenvalue weighted by atomic mass is 35.5. The van der Waals surface area contributed by atoms with Gasteiger partial charge in [-0.1, -0.05) is 47.5 Å². The van der Waals surface area contributed by atoms with Crippen molar-refractivity contribution in [1.29, 1.82) is 5.26 Å². The molecule has 0 heterocycles. The summed E-state index contributed by atoms with van der Waals surface area (Å²) < 4.78 is 11.3. The minimum absolute atomic E-state index is 0.00239. The van der Waals surface area contributed by atoms with Gasteiger partial charge in [0.05, 0.1) is 27.8 Å². The molecule has 0 saturated heterocycles. The van der Waals surface area contributed by atoms with E-state index >= 15 is 0 Å². The summed E-state index contributed by atoms with van der Waals surface area (Å²) in [4.78, 5) is 23.0. The molecule has 3 aromatic rings. The van der Waals surface area contributed by atoms with Crippen molar-refractivity contribution >= 4 is 46.6 Å². The van der Waals surface area contributed by atoms with Gasteiger partial charge in [0.25, 0.3) is 11.6 Å². The van der Waals surface area contributed by atoms with E-state index in [1.807, 2.05) is 37.3 Å². The van der Waals surface area contributed by atoms with Crippen molar-refractivity contribution in [2.24, 2.45) is 0 Å². The van der Waals surface area contributed by atoms with Crippen molar-refractivity contribution in [1.82, 2.24) is 0 Å². The quantitative estimate of drug-likeness (QED) is 0.163. The fraction of sp³-hybridized carbons (Fsp3) is 0.120. The van der Waals surface area contributed by atoms with Crippen LogP contribution >= 0.6 is 23.2 Å². The van der Waals surface area contributed by atoms with Crippen LogP contribution < -0.4 is 14.8 Å². The van der Waals surface area contributed by atoms with Crippen LogP contribution in [0, 0.1) is 28.4 Å². The summed E-state index contributed by atoms with van der Waals surface area (Å²) in [5.41, 5.74) is 1.92. The molecule has 0 unspecified atom stereocenters. The predicted molar refractivity (Wildman–Crippen MR) is 134 cm³/mol. The molecule has 10 heteroatoms. The minimum atomic E-state index is -0.801. The van der Waals surface area contributed by atoms with E-state index in [9.17, 15) is 20.2 Å². The first-order chi connectivity index (χ1) is 16.7. The van der Waals surface area contributed by atoms with Gasteiger partial charge in [-0.15, -0.1) is 0 Å². The molecule has 0 spiro atoms. The van der Waals surface area contributed by atoms with Gasteiger partial charge in [-0.25, -0.2) is 0 Å². The van der Waals surface area contributed by atoms with Gasteiger partial charge < -0.3 is 14.8 Å². The van der Waals surface area contributed by atoms with Gasteiger partial charge in [0, 0.05) is 12.1 Å². The van der Waals surface area contributed by atoms with Crippen LogP contribution in [0.25, 0.3) is 6.08 Å². The van der Waals surface area contributed by atoms with Gasteiger partial charge >= 0.3 is 0 Å². The molecular formula is C25H19Cl2N3O5. The molecule has 178 valence electrons. The molecule has 0 aliphatic heterocycles. The Balaban J connectivity index is 1.85. The number of hydrogen-bond donors (Lipinski definition) is 1. The summed E-state index contributed by atoms with van der Waals surface area (Å²) >= 11 is 12.5. The highest BCUT2D eigenvalue weighted by molar-refractivity contribution is 6.34. The standard InChI is InChI=1S/C25H19Cl2N3O5/c1-15-5-3-4-6-17(15)14-35-24-21(27)10-16(11-23(24)34-2)9-18(13-28)25(31)29-22-12-19(30(32)33)7-8-20(22)26/h3-12H,14H2,1-2H3,(H,29,31)/b18-9+. The molecule has 0 saturated carbocycles. The van der Waals surface area contributed by atoms with E-state index in [2.05, 4.69) is 5.32 Å². The topological polar surface area (TPSA) is 114 Å². The lowest BCUT2D eigenvalue weighted by atomic mass is 10.1. The Bertz CT molecular complexity index is 1370. The predicted octanol–water partition coefficient (Wildman–Crippen LogP) is 6.34. The van der Waals surface area contributed by atoms with Crippen LogP contribution in [0.15, 0.2) is 60.2 Å². The summed E-state index contributed by atoms with van der Waals surface area (Å²) in [7, 11) is 1.45. The van der Waals surface area contributed by atoms with Crippen molar-refractivity contribution in [2.45, 2.75) is 13.5 Å². The summed E-state index contributed by atoms with van der Waals surface area (Å²) in [6, 6.07) is 16.3. The van der Waals surface area contributed by atoms with Crippen LogP contribution in [-0.2, 0) is 11.4 Å². The van der Waals surface area contributed by atoms with Gasteiger partial charge in [-0.2, -0.15) is 5.26 Å². The minimum Gasteiger partial charge on any atom is -0.493 e. The fourth-order valence-electron chi connectivity index (χ4n) is 3.11. The molecule has 0 aromatic heterocycles. The first-order valence-electron chi connectivity index (χ1n) is 10.2. The van der Waals surface area contributed by atoms with Crippen molar-refractivity contribution < 1.29 is 19.2 Å². The highest BCUT2D eigenvalue weighted by Crippen LogP contribution is 2.38. The zero-order valence-corrected chi connectivity index (χ0v) is 20.2. The fourth-order valence-corrected chi connectivity index (χ4v) is 3.55. The molecule has 0 aliphatic rings. The van der Waals surface area contributed by atoms with E-state index in [0.29, 0.717) is 17.1 Å². The number of carbonyl (C=O) groups is 1. The second kappa shape index (κ2) is 11.4. The van der Waals surface area contributed by atoms with Crippen LogP contribution in [0.5, 0.6) is 11.5 Å². The molecule has 35 heavy (non-hydrogen) atoms. The largest absolute Gasteiger partial charge is 0.493 e. The van der Waals surface area contributed by atoms with Gasteiger partial charge in [-0.05, 0) is 47.9 Å². The average Bonchev–Trinajstić information content (AvgIpc) is 2.83. The van der Waals surface area contributed by atoms with Gasteiger partial charge in [-0.3, -0.25) is 14.9 Å². The second-order valence-electron chi connectivity index (χ2n) is 7.29. The zero-order valence-electron chi connectivity index (χ0n) is 18.7. The molecular weight excluding hydrogens is 493 g/mol. The number of ether oxygens (including phenoxy) is 2. The number of aryl methyl sites for hydroxylation is 1. The van der Waals surface area contributed by atoms with Crippen LogP contribution in [0.1, 0.15) is 16.7 Å². The second-order valence-corrected chi connectivity index (χ2v) is 8.11. The number of nitrogens with zero attached hydrogens (tertiary/aromatic N) is 2. The molecule has 0 bridgehead atoms. The number of nitro groups is 1. The Morgan fingerprint density at radius 2 is 1.91 bits per heavy atom. The number of amides is 1. The maximum Gasteiger partial charge on any atom is 0.271 e. The number of anilines is 1. The summed E-state index contributed by atoms with van der Waals surface area (Å²) in [5.74, 6) is -0.164. The summed E-state index contributed by atoms with van der Waals surface area (Å²) in [6.45, 7) is 2.24. The van der Waals surface area contributed by atoms with E-state index in [1.54, 1.807) is 6.07 Å². The normalized spacial score (nSPS) is 10.9. The van der Waals surface area contributed by atoms with Crippen molar-refractivity contribution in [3.05, 3.63) is 97.0 Å². The van der Waals surface area contributed by atoms with Crippen LogP contribution in [-0.4, -0.2) is 17.9 Å². The number of carbonyl (C=O) groups excluding carboxylic acids is 1. The first kappa shape index (κ1) is 25.6. The zero-order chi connectivity index (χ0) is 25.5. The number of rotatable bonds is 8.